The Kier molecular flexibility index (Phi) is 3.53. The van der Waals surface area contributed by atoms with E-state index in [2.05, 4.69) is 32.7 Å². The number of hydrogen-bond acceptors (Lipinski definition) is 2. The van der Waals surface area contributed by atoms with Crippen molar-refractivity contribution < 1.29 is 5.11 Å². The molecule has 1 unspecified atom stereocenters. The van der Waals surface area contributed by atoms with E-state index in [0.29, 0.717) is 11.8 Å². The Hall–Kier alpha value is -1.02. The molecule has 1 aromatic carbocycles. The highest BCUT2D eigenvalue weighted by atomic mass is 16.3. The fourth-order valence-electron chi connectivity index (χ4n) is 1.51. The van der Waals surface area contributed by atoms with Crippen molar-refractivity contribution in [3.63, 3.8) is 0 Å². The van der Waals surface area contributed by atoms with Gasteiger partial charge in [-0.25, -0.2) is 0 Å². The number of phenols is 1. The van der Waals surface area contributed by atoms with Gasteiger partial charge in [-0.1, -0.05) is 18.2 Å². The van der Waals surface area contributed by atoms with Crippen LogP contribution >= 0.6 is 0 Å². The highest BCUT2D eigenvalue weighted by Crippen LogP contribution is 2.27. The van der Waals surface area contributed by atoms with Crippen LogP contribution in [-0.4, -0.2) is 23.1 Å². The SMILES string of the molecule is CC(C)N(C)C(C)c1ccccc1O. The fourth-order valence-corrected chi connectivity index (χ4v) is 1.51. The van der Waals surface area contributed by atoms with E-state index < -0.39 is 0 Å². The molecule has 0 aromatic heterocycles. The molecular formula is C12H19NO. The summed E-state index contributed by atoms with van der Waals surface area (Å²) >= 11 is 0. The van der Waals surface area contributed by atoms with Crippen LogP contribution in [-0.2, 0) is 0 Å². The topological polar surface area (TPSA) is 23.5 Å². The first-order valence-electron chi connectivity index (χ1n) is 5.04. The van der Waals surface area contributed by atoms with Crippen LogP contribution in [0.15, 0.2) is 24.3 Å². The second kappa shape index (κ2) is 4.47. The van der Waals surface area contributed by atoms with Gasteiger partial charge >= 0.3 is 0 Å². The summed E-state index contributed by atoms with van der Waals surface area (Å²) in [6.07, 6.45) is 0. The van der Waals surface area contributed by atoms with Crippen molar-refractivity contribution in [3.05, 3.63) is 29.8 Å². The summed E-state index contributed by atoms with van der Waals surface area (Å²) in [6, 6.07) is 8.24. The Bertz CT molecular complexity index is 296. The van der Waals surface area contributed by atoms with Crippen molar-refractivity contribution in [2.24, 2.45) is 0 Å². The first-order valence-corrected chi connectivity index (χ1v) is 5.04. The largest absolute Gasteiger partial charge is 0.508 e. The monoisotopic (exact) mass is 193 g/mol. The van der Waals surface area contributed by atoms with Crippen LogP contribution in [0.2, 0.25) is 0 Å². The van der Waals surface area contributed by atoms with Gasteiger partial charge in [-0.3, -0.25) is 4.90 Å². The molecule has 0 amide bonds. The maximum absolute atomic E-state index is 9.68. The molecule has 2 nitrogen and oxygen atoms in total. The molecule has 1 rings (SSSR count). The summed E-state index contributed by atoms with van der Waals surface area (Å²) in [7, 11) is 2.07. The highest BCUT2D eigenvalue weighted by Gasteiger charge is 2.16. The number of para-hydroxylation sites is 1. The van der Waals surface area contributed by atoms with Gasteiger partial charge in [0, 0.05) is 17.6 Å². The minimum absolute atomic E-state index is 0.246. The van der Waals surface area contributed by atoms with Crippen LogP contribution in [0.4, 0.5) is 0 Å². The molecule has 0 radical (unpaired) electrons. The van der Waals surface area contributed by atoms with Crippen molar-refractivity contribution in [2.75, 3.05) is 7.05 Å². The zero-order valence-electron chi connectivity index (χ0n) is 9.36. The van der Waals surface area contributed by atoms with Gasteiger partial charge < -0.3 is 5.11 Å². The van der Waals surface area contributed by atoms with Crippen LogP contribution in [0.3, 0.4) is 0 Å². The van der Waals surface area contributed by atoms with Gasteiger partial charge in [0.05, 0.1) is 0 Å². The first kappa shape index (κ1) is 11.1. The van der Waals surface area contributed by atoms with E-state index in [1.54, 1.807) is 6.07 Å². The van der Waals surface area contributed by atoms with E-state index >= 15 is 0 Å². The number of phenolic OH excluding ortho intramolecular Hbond substituents is 1. The maximum atomic E-state index is 9.68. The zero-order valence-corrected chi connectivity index (χ0v) is 9.36. The standard InChI is InChI=1S/C12H19NO/c1-9(2)13(4)10(3)11-7-5-6-8-12(11)14/h5-10,14H,1-4H3. The van der Waals surface area contributed by atoms with Gasteiger partial charge in [0.1, 0.15) is 5.75 Å². The van der Waals surface area contributed by atoms with Crippen molar-refractivity contribution in [3.8, 4) is 5.75 Å². The predicted molar refractivity (Wildman–Crippen MR) is 59.4 cm³/mol. The van der Waals surface area contributed by atoms with Crippen molar-refractivity contribution in [2.45, 2.75) is 32.9 Å². The zero-order chi connectivity index (χ0) is 10.7. The van der Waals surface area contributed by atoms with Crippen molar-refractivity contribution in [1.29, 1.82) is 0 Å². The van der Waals surface area contributed by atoms with Gasteiger partial charge in [0.15, 0.2) is 0 Å². The number of aromatic hydroxyl groups is 1. The number of benzene rings is 1. The average Bonchev–Trinajstić information content (AvgIpc) is 2.16. The van der Waals surface area contributed by atoms with Gasteiger partial charge in [0.25, 0.3) is 0 Å². The molecule has 0 aliphatic carbocycles. The minimum atomic E-state index is 0.246. The number of nitrogens with zero attached hydrogens (tertiary/aromatic N) is 1. The molecule has 14 heavy (non-hydrogen) atoms. The average molecular weight is 193 g/mol. The summed E-state index contributed by atoms with van der Waals surface area (Å²) in [4.78, 5) is 2.23. The Morgan fingerprint density at radius 2 is 1.71 bits per heavy atom. The molecule has 0 saturated heterocycles. The molecule has 2 heteroatoms. The van der Waals surface area contributed by atoms with Crippen LogP contribution < -0.4 is 0 Å². The predicted octanol–water partition coefficient (Wildman–Crippen LogP) is 2.79. The first-order chi connectivity index (χ1) is 6.54. The normalized spacial score (nSPS) is 13.6. The molecular weight excluding hydrogens is 174 g/mol. The van der Waals surface area contributed by atoms with Crippen molar-refractivity contribution >= 4 is 0 Å². The third-order valence-corrected chi connectivity index (χ3v) is 2.81. The van der Waals surface area contributed by atoms with Crippen LogP contribution in [0.1, 0.15) is 32.4 Å². The lowest BCUT2D eigenvalue weighted by molar-refractivity contribution is 0.207. The van der Waals surface area contributed by atoms with Crippen LogP contribution in [0.5, 0.6) is 5.75 Å². The van der Waals surface area contributed by atoms with Gasteiger partial charge in [-0.05, 0) is 33.9 Å². The number of rotatable bonds is 3. The van der Waals surface area contributed by atoms with Crippen molar-refractivity contribution in [1.82, 2.24) is 4.90 Å². The molecule has 0 bridgehead atoms. The van der Waals surface area contributed by atoms with E-state index in [0.717, 1.165) is 5.56 Å². The Labute approximate surface area is 86.2 Å². The van der Waals surface area contributed by atoms with Gasteiger partial charge in [0.2, 0.25) is 0 Å². The third-order valence-electron chi connectivity index (χ3n) is 2.81. The quantitative estimate of drug-likeness (QED) is 0.798. The molecule has 0 heterocycles. The lowest BCUT2D eigenvalue weighted by Crippen LogP contribution is -2.29. The molecule has 0 aliphatic heterocycles. The molecule has 0 fully saturated rings. The molecule has 0 spiro atoms. The Morgan fingerprint density at radius 1 is 1.14 bits per heavy atom. The van der Waals surface area contributed by atoms with E-state index in [9.17, 15) is 5.11 Å². The lowest BCUT2D eigenvalue weighted by atomic mass is 10.1. The molecule has 78 valence electrons. The maximum Gasteiger partial charge on any atom is 0.120 e. The van der Waals surface area contributed by atoms with Gasteiger partial charge in [-0.2, -0.15) is 0 Å². The lowest BCUT2D eigenvalue weighted by Gasteiger charge is -2.29. The highest BCUT2D eigenvalue weighted by molar-refractivity contribution is 5.34. The summed E-state index contributed by atoms with van der Waals surface area (Å²) in [6.45, 7) is 6.40. The van der Waals surface area contributed by atoms with E-state index in [4.69, 9.17) is 0 Å². The fraction of sp³-hybridized carbons (Fsp3) is 0.500. The summed E-state index contributed by atoms with van der Waals surface area (Å²) < 4.78 is 0. The smallest absolute Gasteiger partial charge is 0.120 e. The second-order valence-corrected chi connectivity index (χ2v) is 3.99. The summed E-state index contributed by atoms with van der Waals surface area (Å²) in [5.74, 6) is 0.382. The summed E-state index contributed by atoms with van der Waals surface area (Å²) in [5.41, 5.74) is 0.990. The molecule has 1 atom stereocenters. The second-order valence-electron chi connectivity index (χ2n) is 3.99. The van der Waals surface area contributed by atoms with E-state index in [1.807, 2.05) is 18.2 Å². The minimum Gasteiger partial charge on any atom is -0.508 e. The molecule has 0 saturated carbocycles. The van der Waals surface area contributed by atoms with Crippen LogP contribution in [0, 0.1) is 0 Å². The molecule has 1 N–H and O–H groups in total. The van der Waals surface area contributed by atoms with E-state index in [-0.39, 0.29) is 6.04 Å². The van der Waals surface area contributed by atoms with Crippen LogP contribution in [0.25, 0.3) is 0 Å². The molecule has 1 aromatic rings. The molecule has 0 aliphatic rings. The Balaban J connectivity index is 2.89. The number of hydrogen-bond donors (Lipinski definition) is 1. The van der Waals surface area contributed by atoms with Gasteiger partial charge in [-0.15, -0.1) is 0 Å². The van der Waals surface area contributed by atoms with E-state index in [1.165, 1.54) is 0 Å². The third kappa shape index (κ3) is 2.26. The summed E-state index contributed by atoms with van der Waals surface area (Å²) in [5, 5.41) is 9.68. The Morgan fingerprint density at radius 3 is 2.21 bits per heavy atom.